The van der Waals surface area contributed by atoms with Gasteiger partial charge in [-0.2, -0.15) is 0 Å². The molecular formula is C27H28N2O5. The van der Waals surface area contributed by atoms with Gasteiger partial charge < -0.3 is 9.64 Å². The summed E-state index contributed by atoms with van der Waals surface area (Å²) < 4.78 is 5.59. The predicted octanol–water partition coefficient (Wildman–Crippen LogP) is 3.88. The van der Waals surface area contributed by atoms with Crippen molar-refractivity contribution in [3.05, 3.63) is 54.1 Å². The van der Waals surface area contributed by atoms with E-state index in [0.29, 0.717) is 11.6 Å². The molecule has 0 radical (unpaired) electrons. The van der Waals surface area contributed by atoms with Crippen LogP contribution < -0.4 is 14.5 Å². The summed E-state index contributed by atoms with van der Waals surface area (Å²) in [6, 6.07) is 14.1. The fourth-order valence-electron chi connectivity index (χ4n) is 5.37. The van der Waals surface area contributed by atoms with Crippen LogP contribution in [-0.2, 0) is 19.2 Å². The highest BCUT2D eigenvalue weighted by molar-refractivity contribution is 6.22. The fraction of sp³-hybridized carbons (Fsp3) is 0.407. The molecule has 2 aromatic rings. The molecule has 1 saturated carbocycles. The highest BCUT2D eigenvalue weighted by Gasteiger charge is 2.50. The van der Waals surface area contributed by atoms with E-state index in [0.717, 1.165) is 30.5 Å². The number of rotatable bonds is 4. The number of fused-ring (bicyclic) bond motifs is 1. The maximum Gasteiger partial charge on any atom is 0.316 e. The van der Waals surface area contributed by atoms with E-state index in [9.17, 15) is 19.2 Å². The molecular weight excluding hydrogens is 432 g/mol. The molecule has 3 aliphatic rings. The number of hydrogen-bond donors (Lipinski definition) is 0. The van der Waals surface area contributed by atoms with E-state index in [4.69, 9.17) is 4.74 Å². The lowest BCUT2D eigenvalue weighted by Gasteiger charge is -2.25. The number of ether oxygens (including phenoxy) is 1. The average molecular weight is 461 g/mol. The fourth-order valence-corrected chi connectivity index (χ4v) is 5.37. The molecule has 0 N–H and O–H groups in total. The first-order valence-electron chi connectivity index (χ1n) is 11.9. The van der Waals surface area contributed by atoms with E-state index in [-0.39, 0.29) is 48.3 Å². The zero-order valence-corrected chi connectivity index (χ0v) is 19.4. The molecule has 1 aliphatic carbocycles. The van der Waals surface area contributed by atoms with Gasteiger partial charge >= 0.3 is 5.97 Å². The monoisotopic (exact) mass is 460 g/mol. The molecule has 4 atom stereocenters. The maximum atomic E-state index is 13.0. The van der Waals surface area contributed by atoms with Crippen molar-refractivity contribution in [2.75, 3.05) is 16.3 Å². The highest BCUT2D eigenvalue weighted by Crippen LogP contribution is 2.42. The topological polar surface area (TPSA) is 84.0 Å². The minimum Gasteiger partial charge on any atom is -0.426 e. The number of hydrogen-bond acceptors (Lipinski definition) is 5. The summed E-state index contributed by atoms with van der Waals surface area (Å²) in [6.07, 6.45) is 2.49. The standard InChI is InChI=1S/C27H28N2O5/c1-16-6-9-19(10-7-16)28-15-18(13-24(28)30)27(33)34-21-5-3-4-20(14-21)29-25(31)22-11-8-17(2)12-23(22)26(29)32/h3-7,9-10,14,17-18,22-23H,8,11-13,15H2,1-2H3/t17-,18+,22+,23+/m1/s1. The molecule has 2 aliphatic heterocycles. The number of anilines is 2. The van der Waals surface area contributed by atoms with Crippen LogP contribution in [0.5, 0.6) is 5.75 Å². The Bertz CT molecular complexity index is 1160. The van der Waals surface area contributed by atoms with Gasteiger partial charge in [-0.1, -0.05) is 30.7 Å². The zero-order valence-electron chi connectivity index (χ0n) is 19.4. The maximum absolute atomic E-state index is 13.0. The van der Waals surface area contributed by atoms with Crippen molar-refractivity contribution >= 4 is 35.1 Å². The molecule has 0 bridgehead atoms. The molecule has 0 unspecified atom stereocenters. The first-order valence-corrected chi connectivity index (χ1v) is 11.9. The van der Waals surface area contributed by atoms with Gasteiger partial charge in [-0.25, -0.2) is 4.90 Å². The van der Waals surface area contributed by atoms with Crippen molar-refractivity contribution in [1.82, 2.24) is 0 Å². The molecule has 0 aromatic heterocycles. The lowest BCUT2D eigenvalue weighted by atomic mass is 9.76. The van der Waals surface area contributed by atoms with Gasteiger partial charge in [-0.3, -0.25) is 19.2 Å². The smallest absolute Gasteiger partial charge is 0.316 e. The van der Waals surface area contributed by atoms with Gasteiger partial charge in [0, 0.05) is 24.7 Å². The Kier molecular flexibility index (Phi) is 5.71. The number of carbonyl (C=O) groups is 4. The Morgan fingerprint density at radius 3 is 2.44 bits per heavy atom. The summed E-state index contributed by atoms with van der Waals surface area (Å²) in [5, 5.41) is 0. The van der Waals surface area contributed by atoms with Gasteiger partial charge in [0.15, 0.2) is 0 Å². The third-order valence-corrected chi connectivity index (χ3v) is 7.29. The van der Waals surface area contributed by atoms with Crippen molar-refractivity contribution in [3.63, 3.8) is 0 Å². The van der Waals surface area contributed by atoms with Crippen LogP contribution in [0.2, 0.25) is 0 Å². The summed E-state index contributed by atoms with van der Waals surface area (Å²) in [7, 11) is 0. The molecule has 7 nitrogen and oxygen atoms in total. The molecule has 2 heterocycles. The molecule has 5 rings (SSSR count). The second-order valence-corrected chi connectivity index (χ2v) is 9.80. The van der Waals surface area contributed by atoms with Gasteiger partial charge in [-0.15, -0.1) is 0 Å². The Labute approximate surface area is 198 Å². The van der Waals surface area contributed by atoms with Gasteiger partial charge in [0.1, 0.15) is 5.75 Å². The summed E-state index contributed by atoms with van der Waals surface area (Å²) in [4.78, 5) is 54.2. The third kappa shape index (κ3) is 4.00. The van der Waals surface area contributed by atoms with Crippen molar-refractivity contribution in [1.29, 1.82) is 0 Å². The van der Waals surface area contributed by atoms with Gasteiger partial charge in [-0.05, 0) is 56.4 Å². The van der Waals surface area contributed by atoms with Crippen molar-refractivity contribution in [3.8, 4) is 5.75 Å². The van der Waals surface area contributed by atoms with Crippen molar-refractivity contribution < 1.29 is 23.9 Å². The normalized spacial score (nSPS) is 26.7. The Hall–Kier alpha value is -3.48. The Morgan fingerprint density at radius 1 is 0.941 bits per heavy atom. The van der Waals surface area contributed by atoms with Crippen LogP contribution in [0.25, 0.3) is 0 Å². The zero-order chi connectivity index (χ0) is 24.0. The summed E-state index contributed by atoms with van der Waals surface area (Å²) in [5.41, 5.74) is 2.27. The van der Waals surface area contributed by atoms with E-state index >= 15 is 0 Å². The number of nitrogens with zero attached hydrogens (tertiary/aromatic N) is 2. The molecule has 7 heteroatoms. The van der Waals surface area contributed by atoms with E-state index in [2.05, 4.69) is 6.92 Å². The van der Waals surface area contributed by atoms with Crippen molar-refractivity contribution in [2.45, 2.75) is 39.5 Å². The summed E-state index contributed by atoms with van der Waals surface area (Å²) >= 11 is 0. The van der Waals surface area contributed by atoms with E-state index in [1.165, 1.54) is 4.90 Å². The number of carbonyl (C=O) groups excluding carboxylic acids is 4. The van der Waals surface area contributed by atoms with E-state index in [1.807, 2.05) is 31.2 Å². The van der Waals surface area contributed by atoms with Crippen LogP contribution in [0, 0.1) is 30.6 Å². The highest BCUT2D eigenvalue weighted by atomic mass is 16.5. The summed E-state index contributed by atoms with van der Waals surface area (Å²) in [6.45, 7) is 4.34. The quantitative estimate of drug-likeness (QED) is 0.393. The van der Waals surface area contributed by atoms with Crippen molar-refractivity contribution in [2.24, 2.45) is 23.7 Å². The first kappa shape index (κ1) is 22.3. The van der Waals surface area contributed by atoms with E-state index in [1.54, 1.807) is 29.2 Å². The lowest BCUT2D eigenvalue weighted by molar-refractivity contribution is -0.139. The predicted molar refractivity (Wildman–Crippen MR) is 126 cm³/mol. The second-order valence-electron chi connectivity index (χ2n) is 9.80. The van der Waals surface area contributed by atoms with Crippen LogP contribution in [0.3, 0.4) is 0 Å². The van der Waals surface area contributed by atoms with Gasteiger partial charge in [0.05, 0.1) is 23.4 Å². The number of esters is 1. The number of amides is 3. The average Bonchev–Trinajstić information content (AvgIpc) is 3.32. The third-order valence-electron chi connectivity index (χ3n) is 7.29. The Balaban J connectivity index is 1.28. The number of aryl methyl sites for hydroxylation is 1. The lowest BCUT2D eigenvalue weighted by Crippen LogP contribution is -2.31. The molecule has 0 spiro atoms. The molecule has 3 fully saturated rings. The second kappa shape index (κ2) is 8.70. The molecule has 34 heavy (non-hydrogen) atoms. The summed E-state index contributed by atoms with van der Waals surface area (Å²) in [5.74, 6) is -1.37. The molecule has 176 valence electrons. The van der Waals surface area contributed by atoms with Crippen LogP contribution in [-0.4, -0.2) is 30.2 Å². The molecule has 2 saturated heterocycles. The van der Waals surface area contributed by atoms with Crippen LogP contribution in [0.15, 0.2) is 48.5 Å². The van der Waals surface area contributed by atoms with E-state index < -0.39 is 11.9 Å². The molecule has 3 amide bonds. The minimum atomic E-state index is -0.586. The van der Waals surface area contributed by atoms with Gasteiger partial charge in [0.2, 0.25) is 17.7 Å². The number of imide groups is 1. The largest absolute Gasteiger partial charge is 0.426 e. The Morgan fingerprint density at radius 2 is 1.68 bits per heavy atom. The first-order chi connectivity index (χ1) is 16.3. The van der Waals surface area contributed by atoms with Crippen LogP contribution in [0.1, 0.15) is 38.2 Å². The number of benzene rings is 2. The van der Waals surface area contributed by atoms with Gasteiger partial charge in [0.25, 0.3) is 0 Å². The minimum absolute atomic E-state index is 0.0804. The van der Waals surface area contributed by atoms with Crippen LogP contribution >= 0.6 is 0 Å². The SMILES string of the molecule is Cc1ccc(N2C[C@@H](C(=O)Oc3cccc(N4C(=O)[C@H]5CC[C@@H](C)C[C@@H]5C4=O)c3)CC2=O)cc1. The van der Waals surface area contributed by atoms with Crippen LogP contribution in [0.4, 0.5) is 11.4 Å². The molecule has 2 aromatic carbocycles.